The van der Waals surface area contributed by atoms with Crippen LogP contribution in [0.15, 0.2) is 18.2 Å². The predicted octanol–water partition coefficient (Wildman–Crippen LogP) is 1.99. The maximum absolute atomic E-state index is 12.3. The number of quaternary nitrogens is 1. The highest BCUT2D eigenvalue weighted by Gasteiger charge is 2.21. The Morgan fingerprint density at radius 2 is 1.72 bits per heavy atom. The second-order valence-electron chi connectivity index (χ2n) is 7.22. The lowest BCUT2D eigenvalue weighted by Crippen LogP contribution is -3.14. The highest BCUT2D eigenvalue weighted by atomic mass is 35.5. The van der Waals surface area contributed by atoms with E-state index in [9.17, 15) is 9.59 Å². The van der Waals surface area contributed by atoms with Gasteiger partial charge in [-0.3, -0.25) is 9.59 Å². The molecule has 140 valence electrons. The van der Waals surface area contributed by atoms with Gasteiger partial charge in [-0.05, 0) is 52.3 Å². The maximum Gasteiger partial charge on any atom is 0.275 e. The highest BCUT2D eigenvalue weighted by molar-refractivity contribution is 6.42. The van der Waals surface area contributed by atoms with E-state index in [4.69, 9.17) is 23.2 Å². The van der Waals surface area contributed by atoms with E-state index in [1.54, 1.807) is 12.1 Å². The van der Waals surface area contributed by atoms with Crippen LogP contribution in [0.5, 0.6) is 0 Å². The Hall–Kier alpha value is -1.30. The predicted molar refractivity (Wildman–Crippen MR) is 102 cm³/mol. The summed E-state index contributed by atoms with van der Waals surface area (Å²) in [6, 6.07) is 5.10. The molecular weight excluding hydrogens is 361 g/mol. The van der Waals surface area contributed by atoms with E-state index in [1.807, 2.05) is 40.7 Å². The Bertz CT molecular complexity index is 615. The fraction of sp³-hybridized carbons (Fsp3) is 0.556. The van der Waals surface area contributed by atoms with Crippen molar-refractivity contribution >= 4 is 35.0 Å². The quantitative estimate of drug-likeness (QED) is 0.668. The number of amides is 2. The first-order valence-corrected chi connectivity index (χ1v) is 9.16. The van der Waals surface area contributed by atoms with Crippen molar-refractivity contribution in [2.75, 3.05) is 19.6 Å². The van der Waals surface area contributed by atoms with E-state index in [0.29, 0.717) is 16.6 Å². The van der Waals surface area contributed by atoms with E-state index in [0.717, 1.165) is 10.5 Å². The van der Waals surface area contributed by atoms with Crippen LogP contribution in [0.1, 0.15) is 46.2 Å². The lowest BCUT2D eigenvalue weighted by molar-refractivity contribution is -0.881. The second-order valence-corrected chi connectivity index (χ2v) is 8.03. The number of carbonyl (C=O) groups is 2. The van der Waals surface area contributed by atoms with Gasteiger partial charge in [0.1, 0.15) is 0 Å². The topological polar surface area (TPSA) is 62.6 Å². The minimum Gasteiger partial charge on any atom is -0.347 e. The molecule has 0 saturated carbocycles. The van der Waals surface area contributed by atoms with E-state index in [-0.39, 0.29) is 36.5 Å². The third kappa shape index (κ3) is 8.08. The smallest absolute Gasteiger partial charge is 0.275 e. The Kier molecular flexibility index (Phi) is 8.19. The molecule has 0 aliphatic carbocycles. The number of likely N-dealkylation sites (N-methyl/N-ethyl adjacent to an activating group) is 1. The average Bonchev–Trinajstić information content (AvgIpc) is 2.47. The largest absolute Gasteiger partial charge is 0.347 e. The maximum atomic E-state index is 12.3. The first-order valence-electron chi connectivity index (χ1n) is 8.40. The molecule has 0 spiro atoms. The SMILES string of the molecule is CC[NH+](CC(=O)N[C@@H](C)c1ccc(Cl)c(Cl)c1)CC(=O)NC(C)(C)C. The number of halogens is 2. The van der Waals surface area contributed by atoms with Gasteiger partial charge >= 0.3 is 0 Å². The van der Waals surface area contributed by atoms with E-state index < -0.39 is 0 Å². The Morgan fingerprint density at radius 3 is 2.24 bits per heavy atom. The van der Waals surface area contributed by atoms with Crippen molar-refractivity contribution in [2.24, 2.45) is 0 Å². The van der Waals surface area contributed by atoms with Gasteiger partial charge in [0, 0.05) is 5.54 Å². The van der Waals surface area contributed by atoms with Crippen molar-refractivity contribution in [1.82, 2.24) is 10.6 Å². The lowest BCUT2D eigenvalue weighted by Gasteiger charge is -2.23. The summed E-state index contributed by atoms with van der Waals surface area (Å²) in [6.45, 7) is 10.8. The molecule has 0 aliphatic heterocycles. The van der Waals surface area contributed by atoms with Crippen LogP contribution < -0.4 is 15.5 Å². The number of benzene rings is 1. The van der Waals surface area contributed by atoms with Crippen LogP contribution in [0.2, 0.25) is 10.0 Å². The number of rotatable bonds is 7. The number of hydrogen-bond acceptors (Lipinski definition) is 2. The van der Waals surface area contributed by atoms with Crippen molar-refractivity contribution in [3.63, 3.8) is 0 Å². The minimum absolute atomic E-state index is 0.0605. The zero-order valence-electron chi connectivity index (χ0n) is 15.5. The van der Waals surface area contributed by atoms with Gasteiger partial charge in [-0.1, -0.05) is 29.3 Å². The zero-order chi connectivity index (χ0) is 19.2. The van der Waals surface area contributed by atoms with Gasteiger partial charge in [0.15, 0.2) is 13.1 Å². The summed E-state index contributed by atoms with van der Waals surface area (Å²) in [6.07, 6.45) is 0. The molecule has 0 radical (unpaired) electrons. The lowest BCUT2D eigenvalue weighted by atomic mass is 10.1. The second kappa shape index (κ2) is 9.41. The fourth-order valence-corrected chi connectivity index (χ4v) is 2.69. The monoisotopic (exact) mass is 388 g/mol. The minimum atomic E-state index is -0.277. The highest BCUT2D eigenvalue weighted by Crippen LogP contribution is 2.25. The van der Waals surface area contributed by atoms with Gasteiger partial charge < -0.3 is 15.5 Å². The molecule has 7 heteroatoms. The van der Waals surface area contributed by atoms with E-state index >= 15 is 0 Å². The third-order valence-electron chi connectivity index (χ3n) is 3.66. The molecule has 0 saturated heterocycles. The van der Waals surface area contributed by atoms with Crippen LogP contribution >= 0.6 is 23.2 Å². The molecule has 25 heavy (non-hydrogen) atoms. The first kappa shape index (κ1) is 21.7. The molecule has 2 amide bonds. The number of carbonyl (C=O) groups excluding carboxylic acids is 2. The first-order chi connectivity index (χ1) is 11.5. The Balaban J connectivity index is 2.57. The van der Waals surface area contributed by atoms with Crippen LogP contribution in [0.25, 0.3) is 0 Å². The zero-order valence-corrected chi connectivity index (χ0v) is 17.0. The summed E-state index contributed by atoms with van der Waals surface area (Å²) in [7, 11) is 0. The van der Waals surface area contributed by atoms with Gasteiger partial charge in [0.2, 0.25) is 0 Å². The van der Waals surface area contributed by atoms with Crippen LogP contribution in [-0.2, 0) is 9.59 Å². The van der Waals surface area contributed by atoms with Crippen LogP contribution in [0.4, 0.5) is 0 Å². The molecule has 1 aromatic carbocycles. The molecule has 0 aliphatic rings. The normalized spacial score (nSPS) is 13.9. The van der Waals surface area contributed by atoms with Crippen molar-refractivity contribution in [2.45, 2.75) is 46.2 Å². The molecule has 0 heterocycles. The van der Waals surface area contributed by atoms with Crippen LogP contribution in [0, 0.1) is 0 Å². The van der Waals surface area contributed by atoms with Gasteiger partial charge in [0.25, 0.3) is 11.8 Å². The molecule has 0 aromatic heterocycles. The van der Waals surface area contributed by atoms with Gasteiger partial charge in [-0.2, -0.15) is 0 Å². The number of hydrogen-bond donors (Lipinski definition) is 3. The molecule has 0 fully saturated rings. The van der Waals surface area contributed by atoms with Gasteiger partial charge in [0.05, 0.1) is 22.6 Å². The Labute approximate surface area is 160 Å². The van der Waals surface area contributed by atoms with Crippen molar-refractivity contribution < 1.29 is 14.5 Å². The van der Waals surface area contributed by atoms with Gasteiger partial charge in [-0.15, -0.1) is 0 Å². The Morgan fingerprint density at radius 1 is 1.12 bits per heavy atom. The van der Waals surface area contributed by atoms with Crippen LogP contribution in [0.3, 0.4) is 0 Å². The summed E-state index contributed by atoms with van der Waals surface area (Å²) >= 11 is 11.9. The number of nitrogens with one attached hydrogen (secondary N) is 3. The fourth-order valence-electron chi connectivity index (χ4n) is 2.39. The standard InChI is InChI=1S/C18H27Cl2N3O2/c1-6-23(11-17(25)22-18(3,4)5)10-16(24)21-12(2)13-7-8-14(19)15(20)9-13/h7-9,12H,6,10-11H2,1-5H3,(H,21,24)(H,22,25)/p+1/t12-/m0/s1. The summed E-state index contributed by atoms with van der Waals surface area (Å²) in [5.41, 5.74) is 0.604. The van der Waals surface area contributed by atoms with E-state index in [1.165, 1.54) is 0 Å². The molecular formula is C18H28Cl2N3O2+. The molecule has 2 atom stereocenters. The molecule has 1 rings (SSSR count). The van der Waals surface area contributed by atoms with Crippen LogP contribution in [-0.4, -0.2) is 37.0 Å². The average molecular weight is 389 g/mol. The van der Waals surface area contributed by atoms with E-state index in [2.05, 4.69) is 10.6 Å². The summed E-state index contributed by atoms with van der Waals surface area (Å²) in [5.74, 6) is -0.173. The molecule has 5 nitrogen and oxygen atoms in total. The summed E-state index contributed by atoms with van der Waals surface area (Å²) in [5, 5.41) is 6.79. The summed E-state index contributed by atoms with van der Waals surface area (Å²) < 4.78 is 0. The molecule has 3 N–H and O–H groups in total. The molecule has 1 aromatic rings. The molecule has 1 unspecified atom stereocenters. The van der Waals surface area contributed by atoms with Crippen molar-refractivity contribution in [1.29, 1.82) is 0 Å². The van der Waals surface area contributed by atoms with Crippen molar-refractivity contribution in [3.8, 4) is 0 Å². The third-order valence-corrected chi connectivity index (χ3v) is 4.40. The van der Waals surface area contributed by atoms with Crippen molar-refractivity contribution in [3.05, 3.63) is 33.8 Å². The van der Waals surface area contributed by atoms with Gasteiger partial charge in [-0.25, -0.2) is 0 Å². The molecule has 0 bridgehead atoms. The summed E-state index contributed by atoms with van der Waals surface area (Å²) in [4.78, 5) is 25.2.